The Kier molecular flexibility index (Phi) is 4.45. The molecule has 2 nitrogen and oxygen atoms in total. The van der Waals surface area contributed by atoms with Crippen molar-refractivity contribution in [2.45, 2.75) is 26.2 Å². The van der Waals surface area contributed by atoms with Gasteiger partial charge in [-0.1, -0.05) is 44.2 Å². The Labute approximate surface area is 114 Å². The number of phenols is 1. The Bertz CT molecular complexity index is 515. The molecule has 0 aliphatic carbocycles. The summed E-state index contributed by atoms with van der Waals surface area (Å²) in [6, 6.07) is 15.6. The third-order valence-corrected chi connectivity index (χ3v) is 3.18. The van der Waals surface area contributed by atoms with Crippen LogP contribution in [0.15, 0.2) is 48.5 Å². The van der Waals surface area contributed by atoms with Crippen LogP contribution in [-0.2, 0) is 6.42 Å². The Morgan fingerprint density at radius 2 is 1.68 bits per heavy atom. The summed E-state index contributed by atoms with van der Waals surface area (Å²) in [5, 5.41) is 9.65. The van der Waals surface area contributed by atoms with Gasteiger partial charge in [-0.2, -0.15) is 0 Å². The van der Waals surface area contributed by atoms with Crippen LogP contribution in [0.25, 0.3) is 0 Å². The van der Waals surface area contributed by atoms with Crippen LogP contribution in [0.2, 0.25) is 0 Å². The fourth-order valence-corrected chi connectivity index (χ4v) is 1.95. The van der Waals surface area contributed by atoms with E-state index in [1.165, 1.54) is 5.56 Å². The largest absolute Gasteiger partial charge is 0.508 e. The van der Waals surface area contributed by atoms with Crippen LogP contribution in [0.1, 0.15) is 30.9 Å². The number of hydrogen-bond acceptors (Lipinski definition) is 2. The Balaban J connectivity index is 1.87. The molecule has 0 saturated carbocycles. The standard InChI is InChI=1S/C17H20O2/c1-13(2)14-7-9-16(10-8-14)19-12-11-15-5-3-4-6-17(15)18/h3-10,13,18H,11-12H2,1-2H3. The number of aromatic hydroxyl groups is 1. The smallest absolute Gasteiger partial charge is 0.119 e. The van der Waals surface area contributed by atoms with Crippen molar-refractivity contribution in [3.8, 4) is 11.5 Å². The van der Waals surface area contributed by atoms with Crippen LogP contribution < -0.4 is 4.74 Å². The first-order chi connectivity index (χ1) is 9.16. The lowest BCUT2D eigenvalue weighted by atomic mass is 10.0. The molecular formula is C17H20O2. The highest BCUT2D eigenvalue weighted by molar-refractivity contribution is 5.32. The van der Waals surface area contributed by atoms with Crippen molar-refractivity contribution < 1.29 is 9.84 Å². The van der Waals surface area contributed by atoms with Gasteiger partial charge in [0.2, 0.25) is 0 Å². The average molecular weight is 256 g/mol. The fraction of sp³-hybridized carbons (Fsp3) is 0.294. The molecule has 0 unspecified atom stereocenters. The lowest BCUT2D eigenvalue weighted by Gasteiger charge is -2.09. The zero-order chi connectivity index (χ0) is 13.7. The number of para-hydroxylation sites is 1. The van der Waals surface area contributed by atoms with E-state index in [4.69, 9.17) is 4.74 Å². The highest BCUT2D eigenvalue weighted by atomic mass is 16.5. The Morgan fingerprint density at radius 1 is 1.00 bits per heavy atom. The molecule has 19 heavy (non-hydrogen) atoms. The van der Waals surface area contributed by atoms with Crippen molar-refractivity contribution in [1.29, 1.82) is 0 Å². The first-order valence-corrected chi connectivity index (χ1v) is 6.66. The minimum Gasteiger partial charge on any atom is -0.508 e. The first kappa shape index (κ1) is 13.5. The number of rotatable bonds is 5. The van der Waals surface area contributed by atoms with Gasteiger partial charge in [0.15, 0.2) is 0 Å². The third-order valence-electron chi connectivity index (χ3n) is 3.18. The second kappa shape index (κ2) is 6.28. The maximum atomic E-state index is 9.65. The molecule has 0 bridgehead atoms. The molecule has 2 rings (SSSR count). The normalized spacial score (nSPS) is 10.7. The Hall–Kier alpha value is -1.96. The van der Waals surface area contributed by atoms with E-state index >= 15 is 0 Å². The van der Waals surface area contributed by atoms with E-state index < -0.39 is 0 Å². The fourth-order valence-electron chi connectivity index (χ4n) is 1.95. The molecule has 2 aromatic carbocycles. The minimum absolute atomic E-state index is 0.334. The topological polar surface area (TPSA) is 29.5 Å². The van der Waals surface area contributed by atoms with Crippen LogP contribution in [0, 0.1) is 0 Å². The van der Waals surface area contributed by atoms with Crippen molar-refractivity contribution in [2.24, 2.45) is 0 Å². The minimum atomic E-state index is 0.334. The van der Waals surface area contributed by atoms with Crippen molar-refractivity contribution in [3.63, 3.8) is 0 Å². The van der Waals surface area contributed by atoms with Gasteiger partial charge in [-0.3, -0.25) is 0 Å². The predicted molar refractivity (Wildman–Crippen MR) is 77.8 cm³/mol. The van der Waals surface area contributed by atoms with Crippen LogP contribution in [0.5, 0.6) is 11.5 Å². The van der Waals surface area contributed by atoms with Gasteiger partial charge in [0.1, 0.15) is 11.5 Å². The van der Waals surface area contributed by atoms with Crippen molar-refractivity contribution in [2.75, 3.05) is 6.61 Å². The van der Waals surface area contributed by atoms with Gasteiger partial charge in [0.25, 0.3) is 0 Å². The van der Waals surface area contributed by atoms with E-state index in [9.17, 15) is 5.11 Å². The molecule has 0 radical (unpaired) electrons. The van der Waals surface area contributed by atoms with E-state index in [-0.39, 0.29) is 0 Å². The van der Waals surface area contributed by atoms with Crippen molar-refractivity contribution in [3.05, 3.63) is 59.7 Å². The third kappa shape index (κ3) is 3.75. The SMILES string of the molecule is CC(C)c1ccc(OCCc2ccccc2O)cc1. The van der Waals surface area contributed by atoms with E-state index in [0.29, 0.717) is 24.7 Å². The first-order valence-electron chi connectivity index (χ1n) is 6.66. The van der Waals surface area contributed by atoms with Gasteiger partial charge >= 0.3 is 0 Å². The van der Waals surface area contributed by atoms with Crippen LogP contribution in [0.3, 0.4) is 0 Å². The predicted octanol–water partition coefficient (Wildman–Crippen LogP) is 4.14. The molecule has 0 aliphatic heterocycles. The van der Waals surface area contributed by atoms with Crippen LogP contribution in [0.4, 0.5) is 0 Å². The lowest BCUT2D eigenvalue weighted by Crippen LogP contribution is -2.01. The number of benzene rings is 2. The summed E-state index contributed by atoms with van der Waals surface area (Å²) in [5.74, 6) is 1.75. The highest BCUT2D eigenvalue weighted by Crippen LogP contribution is 2.20. The van der Waals surface area contributed by atoms with Gasteiger partial charge in [-0.15, -0.1) is 0 Å². The quantitative estimate of drug-likeness (QED) is 0.871. The van der Waals surface area contributed by atoms with E-state index in [2.05, 4.69) is 26.0 Å². The molecule has 100 valence electrons. The summed E-state index contributed by atoms with van der Waals surface area (Å²) in [4.78, 5) is 0. The summed E-state index contributed by atoms with van der Waals surface area (Å²) in [7, 11) is 0. The molecule has 0 aliphatic rings. The molecule has 2 heteroatoms. The summed E-state index contributed by atoms with van der Waals surface area (Å²) < 4.78 is 5.69. The van der Waals surface area contributed by atoms with Crippen LogP contribution in [-0.4, -0.2) is 11.7 Å². The molecule has 0 spiro atoms. The van der Waals surface area contributed by atoms with Crippen molar-refractivity contribution in [1.82, 2.24) is 0 Å². The Morgan fingerprint density at radius 3 is 2.32 bits per heavy atom. The van der Waals surface area contributed by atoms with Gasteiger partial charge in [0, 0.05) is 6.42 Å². The number of ether oxygens (including phenoxy) is 1. The molecule has 0 amide bonds. The average Bonchev–Trinajstić information content (AvgIpc) is 2.41. The molecule has 0 fully saturated rings. The molecule has 0 heterocycles. The van der Waals surface area contributed by atoms with Gasteiger partial charge in [-0.05, 0) is 35.2 Å². The van der Waals surface area contributed by atoms with Crippen molar-refractivity contribution >= 4 is 0 Å². The summed E-state index contributed by atoms with van der Waals surface area (Å²) in [6.45, 7) is 4.92. The maximum Gasteiger partial charge on any atom is 0.119 e. The van der Waals surface area contributed by atoms with Gasteiger partial charge in [0.05, 0.1) is 6.61 Å². The zero-order valence-corrected chi connectivity index (χ0v) is 11.5. The molecular weight excluding hydrogens is 236 g/mol. The summed E-state index contributed by atoms with van der Waals surface area (Å²) >= 11 is 0. The number of phenolic OH excluding ortho intramolecular Hbond substituents is 1. The van der Waals surface area contributed by atoms with E-state index in [1.54, 1.807) is 6.07 Å². The van der Waals surface area contributed by atoms with Crippen LogP contribution >= 0.6 is 0 Å². The van der Waals surface area contributed by atoms with Gasteiger partial charge < -0.3 is 9.84 Å². The maximum absolute atomic E-state index is 9.65. The molecule has 0 aromatic heterocycles. The highest BCUT2D eigenvalue weighted by Gasteiger charge is 2.01. The number of hydrogen-bond donors (Lipinski definition) is 1. The summed E-state index contributed by atoms with van der Waals surface area (Å²) in [5.41, 5.74) is 2.23. The second-order valence-corrected chi connectivity index (χ2v) is 4.95. The molecule has 1 N–H and O–H groups in total. The zero-order valence-electron chi connectivity index (χ0n) is 11.5. The monoisotopic (exact) mass is 256 g/mol. The van der Waals surface area contributed by atoms with Gasteiger partial charge in [-0.25, -0.2) is 0 Å². The molecule has 0 saturated heterocycles. The second-order valence-electron chi connectivity index (χ2n) is 4.95. The van der Waals surface area contributed by atoms with E-state index in [1.807, 2.05) is 30.3 Å². The summed E-state index contributed by atoms with van der Waals surface area (Å²) in [6.07, 6.45) is 0.707. The lowest BCUT2D eigenvalue weighted by molar-refractivity contribution is 0.319. The van der Waals surface area contributed by atoms with E-state index in [0.717, 1.165) is 11.3 Å². The molecule has 2 aromatic rings. The molecule has 0 atom stereocenters.